The molecular weight excluding hydrogens is 387 g/mol. The first-order valence-corrected chi connectivity index (χ1v) is 9.89. The average molecular weight is 414 g/mol. The van der Waals surface area contributed by atoms with Crippen molar-refractivity contribution in [3.63, 3.8) is 0 Å². The van der Waals surface area contributed by atoms with Crippen LogP contribution in [0, 0.1) is 5.82 Å². The lowest BCUT2D eigenvalue weighted by Gasteiger charge is -2.35. The molecule has 2 aromatic rings. The number of halogens is 1. The number of nitrogens with two attached hydrogens (primary N) is 1. The highest BCUT2D eigenvalue weighted by atomic mass is 19.1. The standard InChI is InChI=1S/C22H27FN4O3/c1-14(2)30-22(29)16-5-7-20(27-10-8-26(3)9-11-27)19(13-16)25-21(28)15-4-6-17(23)18(24)12-15/h4-7,12-14H,8-11,24H2,1-3H3,(H,25,28). The Morgan fingerprint density at radius 3 is 2.37 bits per heavy atom. The first-order valence-electron chi connectivity index (χ1n) is 9.89. The molecule has 160 valence electrons. The van der Waals surface area contributed by atoms with Crippen molar-refractivity contribution >= 4 is 28.9 Å². The number of ether oxygens (including phenoxy) is 1. The molecule has 1 saturated heterocycles. The molecule has 0 saturated carbocycles. The lowest BCUT2D eigenvalue weighted by Crippen LogP contribution is -2.44. The maximum Gasteiger partial charge on any atom is 0.338 e. The van der Waals surface area contributed by atoms with Crippen molar-refractivity contribution in [3.8, 4) is 0 Å². The van der Waals surface area contributed by atoms with Gasteiger partial charge in [-0.15, -0.1) is 0 Å². The summed E-state index contributed by atoms with van der Waals surface area (Å²) in [6.45, 7) is 6.91. The van der Waals surface area contributed by atoms with Crippen molar-refractivity contribution in [2.75, 3.05) is 49.2 Å². The second-order valence-corrected chi connectivity index (χ2v) is 7.67. The zero-order chi connectivity index (χ0) is 21.8. The van der Waals surface area contributed by atoms with E-state index < -0.39 is 17.7 Å². The third-order valence-electron chi connectivity index (χ3n) is 4.93. The fraction of sp³-hybridized carbons (Fsp3) is 0.364. The lowest BCUT2D eigenvalue weighted by molar-refractivity contribution is 0.0378. The lowest BCUT2D eigenvalue weighted by atomic mass is 10.1. The topological polar surface area (TPSA) is 87.9 Å². The highest BCUT2D eigenvalue weighted by Crippen LogP contribution is 2.29. The molecule has 1 fully saturated rings. The summed E-state index contributed by atoms with van der Waals surface area (Å²) in [7, 11) is 2.06. The number of anilines is 3. The molecular formula is C22H27FN4O3. The second kappa shape index (κ2) is 9.13. The Bertz CT molecular complexity index is 940. The summed E-state index contributed by atoms with van der Waals surface area (Å²) in [5, 5.41) is 2.85. The number of carbonyl (C=O) groups excluding carboxylic acids is 2. The van der Waals surface area contributed by atoms with Gasteiger partial charge in [0.25, 0.3) is 5.91 Å². The summed E-state index contributed by atoms with van der Waals surface area (Å²) in [4.78, 5) is 29.5. The van der Waals surface area contributed by atoms with E-state index >= 15 is 0 Å². The summed E-state index contributed by atoms with van der Waals surface area (Å²) in [5.41, 5.74) is 7.37. The Kier molecular flexibility index (Phi) is 6.56. The van der Waals surface area contributed by atoms with Crippen molar-refractivity contribution in [3.05, 3.63) is 53.3 Å². The van der Waals surface area contributed by atoms with E-state index in [2.05, 4.69) is 22.2 Å². The van der Waals surface area contributed by atoms with Crippen LogP contribution in [-0.2, 0) is 4.74 Å². The maximum absolute atomic E-state index is 13.5. The van der Waals surface area contributed by atoms with Gasteiger partial charge in [0, 0.05) is 31.7 Å². The third-order valence-corrected chi connectivity index (χ3v) is 4.93. The van der Waals surface area contributed by atoms with Gasteiger partial charge in [0.15, 0.2) is 0 Å². The minimum Gasteiger partial charge on any atom is -0.459 e. The van der Waals surface area contributed by atoms with Crippen LogP contribution in [-0.4, -0.2) is 56.1 Å². The zero-order valence-corrected chi connectivity index (χ0v) is 17.4. The molecule has 0 radical (unpaired) electrons. The number of rotatable bonds is 5. The first kappa shape index (κ1) is 21.6. The summed E-state index contributed by atoms with van der Waals surface area (Å²) in [5.74, 6) is -1.48. The Morgan fingerprint density at radius 1 is 1.07 bits per heavy atom. The SMILES string of the molecule is CC(C)OC(=O)c1ccc(N2CCN(C)CC2)c(NC(=O)c2ccc(F)c(N)c2)c1. The summed E-state index contributed by atoms with van der Waals surface area (Å²) >= 11 is 0. The van der Waals surface area contributed by atoms with Crippen molar-refractivity contribution in [1.82, 2.24) is 4.90 Å². The van der Waals surface area contributed by atoms with E-state index in [4.69, 9.17) is 10.5 Å². The predicted octanol–water partition coefficient (Wildman–Crippen LogP) is 2.98. The molecule has 7 nitrogen and oxygen atoms in total. The minimum atomic E-state index is -0.580. The van der Waals surface area contributed by atoms with Gasteiger partial charge < -0.3 is 25.6 Å². The smallest absolute Gasteiger partial charge is 0.338 e. The van der Waals surface area contributed by atoms with Crippen LogP contribution in [0.1, 0.15) is 34.6 Å². The van der Waals surface area contributed by atoms with E-state index in [0.29, 0.717) is 11.3 Å². The number of carbonyl (C=O) groups is 2. The van der Waals surface area contributed by atoms with E-state index in [1.54, 1.807) is 26.0 Å². The molecule has 0 aromatic heterocycles. The molecule has 0 spiro atoms. The molecule has 1 aliphatic rings. The largest absolute Gasteiger partial charge is 0.459 e. The summed E-state index contributed by atoms with van der Waals surface area (Å²) in [6.07, 6.45) is -0.255. The number of piperazine rings is 1. The minimum absolute atomic E-state index is 0.101. The van der Waals surface area contributed by atoms with E-state index in [9.17, 15) is 14.0 Å². The van der Waals surface area contributed by atoms with Gasteiger partial charge in [0.2, 0.25) is 0 Å². The van der Waals surface area contributed by atoms with Crippen LogP contribution in [0.3, 0.4) is 0 Å². The third kappa shape index (κ3) is 5.07. The molecule has 0 aliphatic carbocycles. The quantitative estimate of drug-likeness (QED) is 0.578. The molecule has 30 heavy (non-hydrogen) atoms. The number of hydrogen-bond acceptors (Lipinski definition) is 6. The molecule has 8 heteroatoms. The van der Waals surface area contributed by atoms with Gasteiger partial charge in [-0.3, -0.25) is 4.79 Å². The number of hydrogen-bond donors (Lipinski definition) is 2. The number of nitrogens with one attached hydrogen (secondary N) is 1. The monoisotopic (exact) mass is 414 g/mol. The number of likely N-dealkylation sites (N-methyl/N-ethyl adjacent to an activating group) is 1. The van der Waals surface area contributed by atoms with Gasteiger partial charge in [-0.1, -0.05) is 0 Å². The molecule has 2 aromatic carbocycles. The Labute approximate surface area is 175 Å². The van der Waals surface area contributed by atoms with E-state index in [0.717, 1.165) is 37.9 Å². The van der Waals surface area contributed by atoms with Crippen LogP contribution in [0.4, 0.5) is 21.5 Å². The van der Waals surface area contributed by atoms with Gasteiger partial charge >= 0.3 is 5.97 Å². The zero-order valence-electron chi connectivity index (χ0n) is 17.4. The van der Waals surface area contributed by atoms with Gasteiger partial charge in [0.1, 0.15) is 5.82 Å². The molecule has 0 atom stereocenters. The average Bonchev–Trinajstić information content (AvgIpc) is 2.70. The van der Waals surface area contributed by atoms with E-state index in [-0.39, 0.29) is 17.4 Å². The maximum atomic E-state index is 13.5. The number of benzene rings is 2. The van der Waals surface area contributed by atoms with Gasteiger partial charge in [0.05, 0.1) is 28.7 Å². The van der Waals surface area contributed by atoms with Crippen molar-refractivity contribution in [2.24, 2.45) is 0 Å². The fourth-order valence-corrected chi connectivity index (χ4v) is 3.25. The second-order valence-electron chi connectivity index (χ2n) is 7.67. The first-order chi connectivity index (χ1) is 14.2. The van der Waals surface area contributed by atoms with Crippen molar-refractivity contribution < 1.29 is 18.7 Å². The summed E-state index contributed by atoms with van der Waals surface area (Å²) in [6, 6.07) is 8.94. The molecule has 3 rings (SSSR count). The Balaban J connectivity index is 1.92. The number of nitrogen functional groups attached to an aromatic ring is 1. The van der Waals surface area contributed by atoms with Crippen LogP contribution in [0.2, 0.25) is 0 Å². The number of esters is 1. The summed E-state index contributed by atoms with van der Waals surface area (Å²) < 4.78 is 18.7. The van der Waals surface area contributed by atoms with Gasteiger partial charge in [-0.05, 0) is 57.3 Å². The van der Waals surface area contributed by atoms with E-state index in [1.807, 2.05) is 6.07 Å². The van der Waals surface area contributed by atoms with Crippen LogP contribution in [0.25, 0.3) is 0 Å². The van der Waals surface area contributed by atoms with Crippen molar-refractivity contribution in [2.45, 2.75) is 20.0 Å². The van der Waals surface area contributed by atoms with Gasteiger partial charge in [-0.25, -0.2) is 9.18 Å². The number of nitrogens with zero attached hydrogens (tertiary/aromatic N) is 2. The Hall–Kier alpha value is -3.13. The normalized spacial score (nSPS) is 14.6. The number of amides is 1. The Morgan fingerprint density at radius 2 is 1.73 bits per heavy atom. The molecule has 1 aliphatic heterocycles. The van der Waals surface area contributed by atoms with E-state index in [1.165, 1.54) is 12.1 Å². The molecule has 3 N–H and O–H groups in total. The molecule has 0 unspecified atom stereocenters. The van der Waals surface area contributed by atoms with Crippen molar-refractivity contribution in [1.29, 1.82) is 0 Å². The van der Waals surface area contributed by atoms with Crippen LogP contribution in [0.15, 0.2) is 36.4 Å². The predicted molar refractivity (Wildman–Crippen MR) is 115 cm³/mol. The highest BCUT2D eigenvalue weighted by Gasteiger charge is 2.21. The van der Waals surface area contributed by atoms with Gasteiger partial charge in [-0.2, -0.15) is 0 Å². The fourth-order valence-electron chi connectivity index (χ4n) is 3.25. The van der Waals surface area contributed by atoms with Crippen LogP contribution >= 0.6 is 0 Å². The molecule has 1 amide bonds. The highest BCUT2D eigenvalue weighted by molar-refractivity contribution is 6.07. The molecule has 0 bridgehead atoms. The molecule has 1 heterocycles. The van der Waals surface area contributed by atoms with Crippen LogP contribution < -0.4 is 16.0 Å². The van der Waals surface area contributed by atoms with Crippen LogP contribution in [0.5, 0.6) is 0 Å².